The van der Waals surface area contributed by atoms with E-state index in [4.69, 9.17) is 16.3 Å². The molecule has 3 aromatic rings. The Morgan fingerprint density at radius 1 is 1.13 bits per heavy atom. The first-order valence-electron chi connectivity index (χ1n) is 9.49. The van der Waals surface area contributed by atoms with Gasteiger partial charge in [0.1, 0.15) is 18.2 Å². The average Bonchev–Trinajstić information content (AvgIpc) is 3.09. The highest BCUT2D eigenvalue weighted by molar-refractivity contribution is 8.18. The topological polar surface area (TPSA) is 50.7 Å². The van der Waals surface area contributed by atoms with Gasteiger partial charge in [0, 0.05) is 5.02 Å². The van der Waals surface area contributed by atoms with Gasteiger partial charge in [-0.2, -0.15) is 0 Å². The second kappa shape index (κ2) is 9.37. The Morgan fingerprint density at radius 2 is 1.94 bits per heavy atom. The number of amides is 1. The molecule has 0 radical (unpaired) electrons. The summed E-state index contributed by atoms with van der Waals surface area (Å²) in [5.41, 5.74) is 3.30. The number of amidine groups is 1. The molecular weight excluding hydrogens is 435 g/mol. The number of nitrogens with one attached hydrogen (secondary N) is 1. The van der Waals surface area contributed by atoms with Crippen molar-refractivity contribution in [3.8, 4) is 5.75 Å². The van der Waals surface area contributed by atoms with Crippen LogP contribution in [0, 0.1) is 12.7 Å². The first kappa shape index (κ1) is 21.2. The Morgan fingerprint density at radius 3 is 2.71 bits per heavy atom. The average molecular weight is 453 g/mol. The molecule has 156 valence electrons. The molecule has 1 amide bonds. The summed E-state index contributed by atoms with van der Waals surface area (Å²) >= 11 is 7.32. The minimum absolute atomic E-state index is 0.199. The molecule has 0 aliphatic carbocycles. The van der Waals surface area contributed by atoms with Crippen molar-refractivity contribution in [2.45, 2.75) is 13.5 Å². The van der Waals surface area contributed by atoms with Crippen LogP contribution in [0.25, 0.3) is 6.08 Å². The summed E-state index contributed by atoms with van der Waals surface area (Å²) in [6.07, 6.45) is 1.80. The van der Waals surface area contributed by atoms with Crippen LogP contribution >= 0.6 is 23.4 Å². The van der Waals surface area contributed by atoms with E-state index in [0.29, 0.717) is 20.8 Å². The van der Waals surface area contributed by atoms with Crippen LogP contribution in [-0.4, -0.2) is 11.1 Å². The van der Waals surface area contributed by atoms with Gasteiger partial charge in [0.05, 0.1) is 10.6 Å². The van der Waals surface area contributed by atoms with Gasteiger partial charge in [0.15, 0.2) is 5.17 Å². The predicted molar refractivity (Wildman–Crippen MR) is 124 cm³/mol. The van der Waals surface area contributed by atoms with Crippen molar-refractivity contribution in [1.82, 2.24) is 5.32 Å². The lowest BCUT2D eigenvalue weighted by Crippen LogP contribution is -2.19. The van der Waals surface area contributed by atoms with Gasteiger partial charge in [-0.05, 0) is 77.9 Å². The molecule has 1 heterocycles. The number of carbonyl (C=O) groups is 1. The van der Waals surface area contributed by atoms with Gasteiger partial charge < -0.3 is 10.1 Å². The number of aliphatic imine (C=N–C) groups is 1. The molecule has 1 fully saturated rings. The summed E-state index contributed by atoms with van der Waals surface area (Å²) in [6, 6.07) is 19.1. The van der Waals surface area contributed by atoms with Gasteiger partial charge in [-0.3, -0.25) is 4.79 Å². The maximum atomic E-state index is 13.2. The molecule has 4 rings (SSSR count). The standard InChI is InChI=1S/C24H18ClFN2O2S/c1-15-5-8-18(25)13-21(15)27-24-28-23(29)22(31-24)12-16-6-9-20(10-7-16)30-14-17-3-2-4-19(26)11-17/h2-13H,14H2,1H3,(H,27,28,29)/b22-12-. The highest BCUT2D eigenvalue weighted by Gasteiger charge is 2.24. The number of nitrogens with zero attached hydrogens (tertiary/aromatic N) is 1. The van der Waals surface area contributed by atoms with E-state index in [1.807, 2.05) is 43.3 Å². The number of hydrogen-bond donors (Lipinski definition) is 1. The molecule has 4 nitrogen and oxygen atoms in total. The number of halogens is 2. The molecule has 1 aliphatic rings. The maximum Gasteiger partial charge on any atom is 0.264 e. The minimum atomic E-state index is -0.288. The molecule has 1 aliphatic heterocycles. The largest absolute Gasteiger partial charge is 0.489 e. The van der Waals surface area contributed by atoms with Gasteiger partial charge in [-0.1, -0.05) is 41.9 Å². The summed E-state index contributed by atoms with van der Waals surface area (Å²) in [5.74, 6) is 0.173. The van der Waals surface area contributed by atoms with E-state index in [1.54, 1.807) is 24.3 Å². The first-order chi connectivity index (χ1) is 15.0. The van der Waals surface area contributed by atoms with E-state index in [9.17, 15) is 9.18 Å². The molecule has 1 N–H and O–H groups in total. The Kier molecular flexibility index (Phi) is 6.39. The molecular formula is C24H18ClFN2O2S. The summed E-state index contributed by atoms with van der Waals surface area (Å²) in [6.45, 7) is 2.21. The van der Waals surface area contributed by atoms with Gasteiger partial charge >= 0.3 is 0 Å². The van der Waals surface area contributed by atoms with Crippen molar-refractivity contribution >= 4 is 46.2 Å². The number of rotatable bonds is 5. The fourth-order valence-electron chi connectivity index (χ4n) is 2.90. The number of carbonyl (C=O) groups excluding carboxylic acids is 1. The fraction of sp³-hybridized carbons (Fsp3) is 0.0833. The van der Waals surface area contributed by atoms with Crippen molar-refractivity contribution in [2.75, 3.05) is 0 Å². The summed E-state index contributed by atoms with van der Waals surface area (Å²) in [5, 5.41) is 3.88. The molecule has 0 aromatic heterocycles. The lowest BCUT2D eigenvalue weighted by molar-refractivity contribution is -0.115. The third kappa shape index (κ3) is 5.54. The number of ether oxygens (including phenoxy) is 1. The highest BCUT2D eigenvalue weighted by Crippen LogP contribution is 2.30. The molecule has 0 bridgehead atoms. The van der Waals surface area contributed by atoms with Gasteiger partial charge in [-0.25, -0.2) is 9.38 Å². The van der Waals surface area contributed by atoms with E-state index in [0.717, 1.165) is 22.4 Å². The normalized spacial score (nSPS) is 16.0. The van der Waals surface area contributed by atoms with Gasteiger partial charge in [-0.15, -0.1) is 0 Å². The van der Waals surface area contributed by atoms with E-state index in [-0.39, 0.29) is 18.3 Å². The predicted octanol–water partition coefficient (Wildman–Crippen LogP) is 6.26. The van der Waals surface area contributed by atoms with Crippen molar-refractivity contribution < 1.29 is 13.9 Å². The highest BCUT2D eigenvalue weighted by atomic mass is 35.5. The van der Waals surface area contributed by atoms with Crippen LogP contribution < -0.4 is 10.1 Å². The van der Waals surface area contributed by atoms with Crippen molar-refractivity contribution in [3.05, 3.63) is 99.2 Å². The van der Waals surface area contributed by atoms with Crippen LogP contribution in [-0.2, 0) is 11.4 Å². The van der Waals surface area contributed by atoms with Crippen LogP contribution in [0.1, 0.15) is 16.7 Å². The van der Waals surface area contributed by atoms with Crippen molar-refractivity contribution in [2.24, 2.45) is 4.99 Å². The minimum Gasteiger partial charge on any atom is -0.489 e. The van der Waals surface area contributed by atoms with Crippen molar-refractivity contribution in [3.63, 3.8) is 0 Å². The summed E-state index contributed by atoms with van der Waals surface area (Å²) in [4.78, 5) is 17.4. The fourth-order valence-corrected chi connectivity index (χ4v) is 3.90. The maximum absolute atomic E-state index is 13.2. The second-order valence-electron chi connectivity index (χ2n) is 6.90. The second-order valence-corrected chi connectivity index (χ2v) is 8.37. The third-order valence-electron chi connectivity index (χ3n) is 4.52. The lowest BCUT2D eigenvalue weighted by Gasteiger charge is -2.06. The summed E-state index contributed by atoms with van der Waals surface area (Å²) in [7, 11) is 0. The van der Waals surface area contributed by atoms with Crippen LogP contribution in [0.15, 0.2) is 76.6 Å². The summed E-state index contributed by atoms with van der Waals surface area (Å²) < 4.78 is 18.9. The Balaban J connectivity index is 1.43. The first-order valence-corrected chi connectivity index (χ1v) is 10.7. The molecule has 1 saturated heterocycles. The van der Waals surface area contributed by atoms with E-state index >= 15 is 0 Å². The van der Waals surface area contributed by atoms with Crippen LogP contribution in [0.3, 0.4) is 0 Å². The zero-order valence-electron chi connectivity index (χ0n) is 16.6. The molecule has 0 atom stereocenters. The molecule has 31 heavy (non-hydrogen) atoms. The quantitative estimate of drug-likeness (QED) is 0.465. The number of thioether (sulfide) groups is 1. The SMILES string of the molecule is Cc1ccc(Cl)cc1N=C1NC(=O)/C(=C/c2ccc(OCc3cccc(F)c3)cc2)S1. The van der Waals surface area contributed by atoms with E-state index < -0.39 is 0 Å². The van der Waals surface area contributed by atoms with Gasteiger partial charge in [0.25, 0.3) is 5.91 Å². The van der Waals surface area contributed by atoms with Crippen LogP contribution in [0.2, 0.25) is 5.02 Å². The van der Waals surface area contributed by atoms with E-state index in [2.05, 4.69) is 10.3 Å². The molecule has 3 aromatic carbocycles. The number of hydrogen-bond acceptors (Lipinski definition) is 4. The number of benzene rings is 3. The third-order valence-corrected chi connectivity index (χ3v) is 5.66. The Labute approximate surface area is 188 Å². The van der Waals surface area contributed by atoms with Gasteiger partial charge in [0.2, 0.25) is 0 Å². The smallest absolute Gasteiger partial charge is 0.264 e. The zero-order chi connectivity index (χ0) is 21.8. The molecule has 0 spiro atoms. The molecule has 0 unspecified atom stereocenters. The number of aryl methyl sites for hydroxylation is 1. The lowest BCUT2D eigenvalue weighted by atomic mass is 10.2. The monoisotopic (exact) mass is 452 g/mol. The van der Waals surface area contributed by atoms with Crippen LogP contribution in [0.4, 0.5) is 10.1 Å². The van der Waals surface area contributed by atoms with Crippen LogP contribution in [0.5, 0.6) is 5.75 Å². The van der Waals surface area contributed by atoms with E-state index in [1.165, 1.54) is 23.9 Å². The molecule has 0 saturated carbocycles. The zero-order valence-corrected chi connectivity index (χ0v) is 18.1. The Bertz CT molecular complexity index is 1190. The Hall–Kier alpha value is -3.09. The van der Waals surface area contributed by atoms with Crippen molar-refractivity contribution in [1.29, 1.82) is 0 Å². The molecule has 7 heteroatoms.